The van der Waals surface area contributed by atoms with E-state index in [0.29, 0.717) is 6.42 Å². The van der Waals surface area contributed by atoms with E-state index >= 15 is 0 Å². The van der Waals surface area contributed by atoms with Crippen molar-refractivity contribution < 1.29 is 9.59 Å². The summed E-state index contributed by atoms with van der Waals surface area (Å²) < 4.78 is 0. The molecular weight excluding hydrogens is 212 g/mol. The number of carbonyl (C=O) groups excluding carboxylic acids is 2. The van der Waals surface area contributed by atoms with Gasteiger partial charge in [0.1, 0.15) is 11.6 Å². The molecule has 0 aliphatic carbocycles. The van der Waals surface area contributed by atoms with Gasteiger partial charge in [-0.05, 0) is 62.4 Å². The molecule has 0 aromatic heterocycles. The lowest BCUT2D eigenvalue weighted by Crippen LogP contribution is -2.11. The van der Waals surface area contributed by atoms with Crippen molar-refractivity contribution in [3.8, 4) is 0 Å². The molecule has 17 heavy (non-hydrogen) atoms. The van der Waals surface area contributed by atoms with Crippen molar-refractivity contribution in [3.63, 3.8) is 0 Å². The van der Waals surface area contributed by atoms with Crippen molar-refractivity contribution in [3.05, 3.63) is 33.9 Å². The highest BCUT2D eigenvalue weighted by Gasteiger charge is 2.13. The second-order valence-electron chi connectivity index (χ2n) is 4.83. The Morgan fingerprint density at radius 1 is 1.00 bits per heavy atom. The summed E-state index contributed by atoms with van der Waals surface area (Å²) in [4.78, 5) is 22.7. The monoisotopic (exact) mass is 232 g/mol. The molecule has 0 unspecified atom stereocenters. The van der Waals surface area contributed by atoms with Gasteiger partial charge in [0, 0.05) is 6.42 Å². The van der Waals surface area contributed by atoms with Crippen LogP contribution >= 0.6 is 0 Å². The Labute approximate surface area is 103 Å². The summed E-state index contributed by atoms with van der Waals surface area (Å²) in [6, 6.07) is 2.14. The average Bonchev–Trinajstić information content (AvgIpc) is 2.20. The fourth-order valence-electron chi connectivity index (χ4n) is 2.10. The second kappa shape index (κ2) is 5.26. The maximum absolute atomic E-state index is 11.7. The minimum atomic E-state index is -0.0605. The van der Waals surface area contributed by atoms with E-state index in [1.54, 1.807) is 0 Å². The van der Waals surface area contributed by atoms with Gasteiger partial charge in [-0.3, -0.25) is 9.59 Å². The van der Waals surface area contributed by atoms with E-state index in [0.717, 1.165) is 5.56 Å². The van der Waals surface area contributed by atoms with Gasteiger partial charge in [0.05, 0.1) is 6.42 Å². The van der Waals surface area contributed by atoms with Gasteiger partial charge in [0.2, 0.25) is 0 Å². The molecule has 0 radical (unpaired) electrons. The number of aryl methyl sites for hydroxylation is 2. The van der Waals surface area contributed by atoms with Crippen LogP contribution in [-0.4, -0.2) is 11.6 Å². The zero-order valence-electron chi connectivity index (χ0n) is 11.3. The molecule has 1 aromatic rings. The van der Waals surface area contributed by atoms with Gasteiger partial charge in [-0.25, -0.2) is 0 Å². The Hall–Kier alpha value is -1.44. The van der Waals surface area contributed by atoms with E-state index in [1.807, 2.05) is 13.8 Å². The number of hydrogen-bond acceptors (Lipinski definition) is 2. The van der Waals surface area contributed by atoms with Crippen molar-refractivity contribution in [2.75, 3.05) is 0 Å². The first-order chi connectivity index (χ1) is 7.82. The van der Waals surface area contributed by atoms with Gasteiger partial charge in [0.25, 0.3) is 0 Å². The summed E-state index contributed by atoms with van der Waals surface area (Å²) in [5.74, 6) is -0.0524. The van der Waals surface area contributed by atoms with E-state index in [4.69, 9.17) is 0 Å². The fourth-order valence-corrected chi connectivity index (χ4v) is 2.10. The molecule has 0 heterocycles. The molecule has 0 bridgehead atoms. The molecule has 0 aliphatic heterocycles. The molecule has 1 aromatic carbocycles. The van der Waals surface area contributed by atoms with E-state index in [-0.39, 0.29) is 18.0 Å². The maximum Gasteiger partial charge on any atom is 0.144 e. The number of hydrogen-bond donors (Lipinski definition) is 0. The van der Waals surface area contributed by atoms with Crippen LogP contribution in [0.2, 0.25) is 0 Å². The normalized spacial score (nSPS) is 10.4. The van der Waals surface area contributed by atoms with Crippen LogP contribution in [0.4, 0.5) is 0 Å². The molecule has 2 heteroatoms. The standard InChI is InChI=1S/C15H20O2/c1-9-6-10(2)13(5)15(12(9)4)8-14(17)7-11(3)16/h6H,7-8H2,1-5H3. The first-order valence-electron chi connectivity index (χ1n) is 5.90. The summed E-state index contributed by atoms with van der Waals surface area (Å²) in [5, 5.41) is 0. The van der Waals surface area contributed by atoms with E-state index < -0.39 is 0 Å². The van der Waals surface area contributed by atoms with Crippen LogP contribution in [0.3, 0.4) is 0 Å². The molecule has 0 saturated carbocycles. The summed E-state index contributed by atoms with van der Waals surface area (Å²) in [6.07, 6.45) is 0.422. The summed E-state index contributed by atoms with van der Waals surface area (Å²) in [6.45, 7) is 9.65. The highest BCUT2D eigenvalue weighted by Crippen LogP contribution is 2.22. The van der Waals surface area contributed by atoms with Crippen LogP contribution in [0.5, 0.6) is 0 Å². The van der Waals surface area contributed by atoms with Gasteiger partial charge in [-0.1, -0.05) is 6.07 Å². The molecule has 0 atom stereocenters. The van der Waals surface area contributed by atoms with Crippen molar-refractivity contribution in [2.45, 2.75) is 47.5 Å². The Bertz CT molecular complexity index is 444. The van der Waals surface area contributed by atoms with Crippen LogP contribution in [0.1, 0.15) is 41.2 Å². The van der Waals surface area contributed by atoms with Crippen molar-refractivity contribution in [1.29, 1.82) is 0 Å². The van der Waals surface area contributed by atoms with Crippen LogP contribution in [0.25, 0.3) is 0 Å². The minimum absolute atomic E-state index is 0.00806. The number of ketones is 2. The third-order valence-electron chi connectivity index (χ3n) is 3.34. The Morgan fingerprint density at radius 2 is 1.47 bits per heavy atom. The first-order valence-corrected chi connectivity index (χ1v) is 5.90. The molecule has 0 spiro atoms. The lowest BCUT2D eigenvalue weighted by Gasteiger charge is -2.14. The van der Waals surface area contributed by atoms with E-state index in [1.165, 1.54) is 29.2 Å². The third kappa shape index (κ3) is 3.26. The Kier molecular flexibility index (Phi) is 4.22. The number of Topliss-reactive ketones (excluding diaryl/α,β-unsaturated/α-hetero) is 2. The largest absolute Gasteiger partial charge is 0.300 e. The SMILES string of the molecule is CC(=O)CC(=O)Cc1c(C)c(C)cc(C)c1C. The number of rotatable bonds is 4. The quantitative estimate of drug-likeness (QED) is 0.748. The van der Waals surface area contributed by atoms with Crippen molar-refractivity contribution >= 4 is 11.6 Å². The van der Waals surface area contributed by atoms with Crippen LogP contribution < -0.4 is 0 Å². The summed E-state index contributed by atoms with van der Waals surface area (Å²) in [5.41, 5.74) is 5.85. The van der Waals surface area contributed by atoms with Crippen LogP contribution in [0, 0.1) is 27.7 Å². The summed E-state index contributed by atoms with van der Waals surface area (Å²) >= 11 is 0. The molecular formula is C15H20O2. The highest BCUT2D eigenvalue weighted by molar-refractivity contribution is 5.99. The predicted molar refractivity (Wildman–Crippen MR) is 69.4 cm³/mol. The van der Waals surface area contributed by atoms with Crippen LogP contribution in [-0.2, 0) is 16.0 Å². The predicted octanol–water partition coefficient (Wildman–Crippen LogP) is 3.01. The lowest BCUT2D eigenvalue weighted by molar-refractivity contribution is -0.125. The van der Waals surface area contributed by atoms with Gasteiger partial charge in [0.15, 0.2) is 0 Å². The van der Waals surface area contributed by atoms with E-state index in [9.17, 15) is 9.59 Å². The molecule has 0 N–H and O–H groups in total. The molecule has 92 valence electrons. The molecule has 0 aliphatic rings. The fraction of sp³-hybridized carbons (Fsp3) is 0.467. The topological polar surface area (TPSA) is 34.1 Å². The zero-order valence-corrected chi connectivity index (χ0v) is 11.3. The molecule has 0 amide bonds. The van der Waals surface area contributed by atoms with Crippen LogP contribution in [0.15, 0.2) is 6.07 Å². The molecule has 1 rings (SSSR count). The second-order valence-corrected chi connectivity index (χ2v) is 4.83. The zero-order chi connectivity index (χ0) is 13.2. The molecule has 0 saturated heterocycles. The number of carbonyl (C=O) groups is 2. The van der Waals surface area contributed by atoms with E-state index in [2.05, 4.69) is 19.9 Å². The van der Waals surface area contributed by atoms with Gasteiger partial charge >= 0.3 is 0 Å². The Morgan fingerprint density at radius 3 is 1.88 bits per heavy atom. The van der Waals surface area contributed by atoms with Gasteiger partial charge in [-0.15, -0.1) is 0 Å². The average molecular weight is 232 g/mol. The highest BCUT2D eigenvalue weighted by atomic mass is 16.1. The van der Waals surface area contributed by atoms with Gasteiger partial charge in [-0.2, -0.15) is 0 Å². The maximum atomic E-state index is 11.7. The van der Waals surface area contributed by atoms with Gasteiger partial charge < -0.3 is 0 Å². The smallest absolute Gasteiger partial charge is 0.144 e. The molecule has 2 nitrogen and oxygen atoms in total. The lowest BCUT2D eigenvalue weighted by atomic mass is 9.90. The summed E-state index contributed by atoms with van der Waals surface area (Å²) in [7, 11) is 0. The minimum Gasteiger partial charge on any atom is -0.300 e. The Balaban J connectivity index is 3.06. The van der Waals surface area contributed by atoms with Crippen molar-refractivity contribution in [1.82, 2.24) is 0 Å². The number of benzene rings is 1. The van der Waals surface area contributed by atoms with Crippen molar-refractivity contribution in [2.24, 2.45) is 0 Å². The third-order valence-corrected chi connectivity index (χ3v) is 3.34. The first kappa shape index (κ1) is 13.6. The molecule has 0 fully saturated rings.